The molecule has 2 aromatic rings. The third-order valence-corrected chi connectivity index (χ3v) is 3.24. The van der Waals surface area contributed by atoms with Gasteiger partial charge in [-0.1, -0.05) is 32.9 Å². The Morgan fingerprint density at radius 2 is 2.00 bits per heavy atom. The molecule has 1 unspecified atom stereocenters. The Morgan fingerprint density at radius 1 is 1.33 bits per heavy atom. The van der Waals surface area contributed by atoms with E-state index in [2.05, 4.69) is 20.5 Å². The van der Waals surface area contributed by atoms with Crippen molar-refractivity contribution in [1.29, 1.82) is 0 Å². The highest BCUT2D eigenvalue weighted by Gasteiger charge is 2.28. The second kappa shape index (κ2) is 5.65. The van der Waals surface area contributed by atoms with E-state index in [1.807, 2.05) is 52.0 Å². The second-order valence-corrected chi connectivity index (χ2v) is 6.12. The fourth-order valence-corrected chi connectivity index (χ4v) is 1.85. The van der Waals surface area contributed by atoms with Gasteiger partial charge in [-0.25, -0.2) is 4.98 Å². The lowest BCUT2D eigenvalue weighted by molar-refractivity contribution is -0.119. The first-order valence-corrected chi connectivity index (χ1v) is 6.84. The van der Waals surface area contributed by atoms with Crippen LogP contribution in [0, 0.1) is 12.3 Å². The number of aryl methyl sites for hydroxylation is 1. The average molecular weight is 287 g/mol. The van der Waals surface area contributed by atoms with Crippen LogP contribution in [-0.2, 0) is 4.79 Å². The summed E-state index contributed by atoms with van der Waals surface area (Å²) >= 11 is 0. The zero-order valence-electron chi connectivity index (χ0n) is 12.8. The van der Waals surface area contributed by atoms with Crippen LogP contribution in [0.4, 0.5) is 5.69 Å². The minimum Gasteiger partial charge on any atom is -0.324 e. The van der Waals surface area contributed by atoms with Crippen LogP contribution >= 0.6 is 0 Å². The molecule has 1 amide bonds. The van der Waals surface area contributed by atoms with Crippen molar-refractivity contribution in [2.45, 2.75) is 33.7 Å². The summed E-state index contributed by atoms with van der Waals surface area (Å²) in [6.45, 7) is 7.62. The van der Waals surface area contributed by atoms with E-state index in [9.17, 15) is 4.79 Å². The van der Waals surface area contributed by atoms with Crippen LogP contribution in [0.5, 0.6) is 0 Å². The number of carbonyl (C=O) groups is 1. The number of hydrogen-bond acceptors (Lipinski definition) is 4. The Bertz CT molecular complexity index is 642. The number of aromatic amines is 1. The Balaban J connectivity index is 2.28. The first-order chi connectivity index (χ1) is 9.79. The molecule has 0 fully saturated rings. The van der Waals surface area contributed by atoms with Crippen LogP contribution in [0.1, 0.15) is 26.6 Å². The summed E-state index contributed by atoms with van der Waals surface area (Å²) in [6.07, 6.45) is 0. The molecule has 0 saturated carbocycles. The number of carbonyl (C=O) groups excluding carboxylic acids is 1. The van der Waals surface area contributed by atoms with Gasteiger partial charge in [-0.15, -0.1) is 0 Å². The zero-order chi connectivity index (χ0) is 15.6. The molecule has 1 atom stereocenters. The number of nitrogens with one attached hydrogen (secondary N) is 2. The molecular formula is C15H21N5O. The van der Waals surface area contributed by atoms with E-state index < -0.39 is 6.04 Å². The lowest BCUT2D eigenvalue weighted by atomic mass is 9.87. The largest absolute Gasteiger partial charge is 0.324 e. The molecule has 1 aromatic carbocycles. The maximum atomic E-state index is 12.3. The molecule has 1 heterocycles. The van der Waals surface area contributed by atoms with Gasteiger partial charge in [0.1, 0.15) is 5.82 Å². The quantitative estimate of drug-likeness (QED) is 0.805. The average Bonchev–Trinajstić information content (AvgIpc) is 2.84. The van der Waals surface area contributed by atoms with Crippen LogP contribution in [0.2, 0.25) is 0 Å². The SMILES string of the molecule is Cc1nc(-c2ccccc2NC(=O)C(N)C(C)(C)C)n[nH]1. The number of rotatable bonds is 3. The van der Waals surface area contributed by atoms with Crippen molar-refractivity contribution in [1.82, 2.24) is 15.2 Å². The van der Waals surface area contributed by atoms with Crippen LogP contribution in [0.3, 0.4) is 0 Å². The minimum atomic E-state index is -0.598. The van der Waals surface area contributed by atoms with Gasteiger partial charge in [-0.2, -0.15) is 5.10 Å². The highest BCUT2D eigenvalue weighted by Crippen LogP contribution is 2.26. The van der Waals surface area contributed by atoms with Gasteiger partial charge in [-0.05, 0) is 24.5 Å². The van der Waals surface area contributed by atoms with Crippen molar-refractivity contribution in [3.63, 3.8) is 0 Å². The topological polar surface area (TPSA) is 96.7 Å². The molecule has 6 heteroatoms. The van der Waals surface area contributed by atoms with Crippen LogP contribution in [-0.4, -0.2) is 27.1 Å². The van der Waals surface area contributed by atoms with Crippen molar-refractivity contribution in [2.75, 3.05) is 5.32 Å². The van der Waals surface area contributed by atoms with Gasteiger partial charge in [0, 0.05) is 5.56 Å². The van der Waals surface area contributed by atoms with Crippen molar-refractivity contribution < 1.29 is 4.79 Å². The summed E-state index contributed by atoms with van der Waals surface area (Å²) in [6, 6.07) is 6.80. The van der Waals surface area contributed by atoms with E-state index in [1.165, 1.54) is 0 Å². The number of nitrogens with two attached hydrogens (primary N) is 1. The van der Waals surface area contributed by atoms with Crippen molar-refractivity contribution in [3.8, 4) is 11.4 Å². The van der Waals surface area contributed by atoms with Gasteiger partial charge in [0.2, 0.25) is 5.91 Å². The standard InChI is InChI=1S/C15H21N5O/c1-9-17-13(20-19-9)10-7-5-6-8-11(10)18-14(21)12(16)15(2,3)4/h5-8,12H,16H2,1-4H3,(H,18,21)(H,17,19,20). The molecule has 0 saturated heterocycles. The van der Waals surface area contributed by atoms with E-state index in [4.69, 9.17) is 5.73 Å². The molecule has 1 aromatic heterocycles. The summed E-state index contributed by atoms with van der Waals surface area (Å²) in [7, 11) is 0. The van der Waals surface area contributed by atoms with E-state index >= 15 is 0 Å². The van der Waals surface area contributed by atoms with E-state index in [0.29, 0.717) is 11.5 Å². The van der Waals surface area contributed by atoms with Gasteiger partial charge in [0.05, 0.1) is 11.7 Å². The van der Waals surface area contributed by atoms with E-state index in [-0.39, 0.29) is 11.3 Å². The lowest BCUT2D eigenvalue weighted by Crippen LogP contribution is -2.45. The highest BCUT2D eigenvalue weighted by molar-refractivity contribution is 5.98. The zero-order valence-corrected chi connectivity index (χ0v) is 12.8. The maximum Gasteiger partial charge on any atom is 0.241 e. The molecule has 0 aliphatic heterocycles. The molecular weight excluding hydrogens is 266 g/mol. The van der Waals surface area contributed by atoms with E-state index in [1.54, 1.807) is 0 Å². The van der Waals surface area contributed by atoms with Crippen molar-refractivity contribution in [3.05, 3.63) is 30.1 Å². The Hall–Kier alpha value is -2.21. The normalized spacial score (nSPS) is 13.0. The molecule has 0 aliphatic rings. The number of benzene rings is 1. The number of H-pyrrole nitrogens is 1. The molecule has 0 spiro atoms. The number of aromatic nitrogens is 3. The number of para-hydroxylation sites is 1. The summed E-state index contributed by atoms with van der Waals surface area (Å²) < 4.78 is 0. The summed E-state index contributed by atoms with van der Waals surface area (Å²) in [5.41, 5.74) is 7.09. The third kappa shape index (κ3) is 3.46. The lowest BCUT2D eigenvalue weighted by Gasteiger charge is -2.26. The number of nitrogens with zero attached hydrogens (tertiary/aromatic N) is 2. The summed E-state index contributed by atoms with van der Waals surface area (Å²) in [5.74, 6) is 1.05. The van der Waals surface area contributed by atoms with Crippen LogP contribution in [0.15, 0.2) is 24.3 Å². The Morgan fingerprint density at radius 3 is 2.57 bits per heavy atom. The molecule has 2 rings (SSSR count). The minimum absolute atomic E-state index is 0.220. The molecule has 6 nitrogen and oxygen atoms in total. The van der Waals surface area contributed by atoms with E-state index in [0.717, 1.165) is 11.4 Å². The predicted molar refractivity (Wildman–Crippen MR) is 82.6 cm³/mol. The number of anilines is 1. The fourth-order valence-electron chi connectivity index (χ4n) is 1.85. The summed E-state index contributed by atoms with van der Waals surface area (Å²) in [5, 5.41) is 9.79. The van der Waals surface area contributed by atoms with Crippen molar-refractivity contribution >= 4 is 11.6 Å². The molecule has 4 N–H and O–H groups in total. The number of hydrogen-bond donors (Lipinski definition) is 3. The van der Waals surface area contributed by atoms with Crippen LogP contribution < -0.4 is 11.1 Å². The maximum absolute atomic E-state index is 12.3. The number of amides is 1. The molecule has 0 bridgehead atoms. The molecule has 0 radical (unpaired) electrons. The smallest absolute Gasteiger partial charge is 0.241 e. The molecule has 112 valence electrons. The predicted octanol–water partition coefficient (Wildman–Crippen LogP) is 2.09. The first-order valence-electron chi connectivity index (χ1n) is 6.84. The van der Waals surface area contributed by atoms with Gasteiger partial charge < -0.3 is 11.1 Å². The third-order valence-electron chi connectivity index (χ3n) is 3.24. The van der Waals surface area contributed by atoms with Crippen molar-refractivity contribution in [2.24, 2.45) is 11.1 Å². The Kier molecular flexibility index (Phi) is 4.09. The van der Waals surface area contributed by atoms with Gasteiger partial charge in [0.15, 0.2) is 5.82 Å². The monoisotopic (exact) mass is 287 g/mol. The van der Waals surface area contributed by atoms with Gasteiger partial charge in [0.25, 0.3) is 0 Å². The summed E-state index contributed by atoms with van der Waals surface area (Å²) in [4.78, 5) is 16.6. The van der Waals surface area contributed by atoms with Gasteiger partial charge >= 0.3 is 0 Å². The molecule has 21 heavy (non-hydrogen) atoms. The second-order valence-electron chi connectivity index (χ2n) is 6.12. The first kappa shape index (κ1) is 15.2. The molecule has 0 aliphatic carbocycles. The fraction of sp³-hybridized carbons (Fsp3) is 0.400. The Labute approximate surface area is 124 Å². The van der Waals surface area contributed by atoms with Gasteiger partial charge in [-0.3, -0.25) is 9.89 Å². The highest BCUT2D eigenvalue weighted by atomic mass is 16.2. The van der Waals surface area contributed by atoms with Crippen LogP contribution in [0.25, 0.3) is 11.4 Å².